The van der Waals surface area contributed by atoms with Gasteiger partial charge >= 0.3 is 5.97 Å². The minimum absolute atomic E-state index is 0.155. The number of carboxylic acids is 1. The lowest BCUT2D eigenvalue weighted by atomic mass is 9.85. The summed E-state index contributed by atoms with van der Waals surface area (Å²) >= 11 is 0. The van der Waals surface area contributed by atoms with Crippen LogP contribution < -0.4 is 5.32 Å². The Balaban J connectivity index is 1.56. The van der Waals surface area contributed by atoms with E-state index in [-0.39, 0.29) is 5.92 Å². The van der Waals surface area contributed by atoms with Crippen LogP contribution in [0.3, 0.4) is 0 Å². The first-order chi connectivity index (χ1) is 12.2. The minimum Gasteiger partial charge on any atom is -0.481 e. The lowest BCUT2D eigenvalue weighted by Gasteiger charge is -2.25. The third-order valence-electron chi connectivity index (χ3n) is 5.46. The van der Waals surface area contributed by atoms with Crippen LogP contribution in [-0.4, -0.2) is 23.7 Å². The van der Waals surface area contributed by atoms with Gasteiger partial charge in [-0.3, -0.25) is 4.79 Å². The molecule has 132 valence electrons. The molecule has 0 aromatic heterocycles. The Kier molecular flexibility index (Phi) is 6.24. The quantitative estimate of drug-likeness (QED) is 0.813. The van der Waals surface area contributed by atoms with Crippen LogP contribution in [0, 0.1) is 5.92 Å². The van der Waals surface area contributed by atoms with E-state index in [1.165, 1.54) is 24.0 Å². The Hall–Kier alpha value is -2.13. The van der Waals surface area contributed by atoms with Crippen LogP contribution in [0.25, 0.3) is 0 Å². The maximum Gasteiger partial charge on any atom is 0.312 e. The molecule has 0 saturated carbocycles. The number of hydrogen-bond acceptors (Lipinski definition) is 1. The van der Waals surface area contributed by atoms with Gasteiger partial charge in [-0.15, -0.1) is 0 Å². The van der Waals surface area contributed by atoms with Crippen molar-refractivity contribution >= 4 is 5.97 Å². The average Bonchev–Trinajstić information content (AvgIpc) is 2.67. The van der Waals surface area contributed by atoms with Crippen LogP contribution in [0.4, 0.5) is 0 Å². The molecule has 3 nitrogen and oxygen atoms in total. The van der Waals surface area contributed by atoms with E-state index < -0.39 is 5.97 Å². The van der Waals surface area contributed by atoms with E-state index in [0.29, 0.717) is 12.0 Å². The molecule has 0 spiro atoms. The Labute approximate surface area is 150 Å². The zero-order valence-corrected chi connectivity index (χ0v) is 14.7. The van der Waals surface area contributed by atoms with Crippen LogP contribution in [0.15, 0.2) is 60.7 Å². The van der Waals surface area contributed by atoms with Gasteiger partial charge in [0.15, 0.2) is 0 Å². The zero-order chi connectivity index (χ0) is 17.5. The van der Waals surface area contributed by atoms with Crippen LogP contribution in [0.2, 0.25) is 0 Å². The van der Waals surface area contributed by atoms with Gasteiger partial charge in [0.2, 0.25) is 0 Å². The van der Waals surface area contributed by atoms with Crippen molar-refractivity contribution in [3.63, 3.8) is 0 Å². The summed E-state index contributed by atoms with van der Waals surface area (Å²) in [6, 6.07) is 22.1. The standard InChI is InChI=1S/C22H27NO2/c24-22(25)19-14-15-20(23-16-19)12-7-13-21(17-8-3-1-4-9-17)18-10-5-2-6-11-18/h1-6,8-11,19-21,23H,7,12-16H2,(H,24,25)/p+1/t19-,20+/m1/s1. The number of nitrogens with two attached hydrogens (primary N) is 1. The van der Waals surface area contributed by atoms with E-state index in [4.69, 9.17) is 5.11 Å². The van der Waals surface area contributed by atoms with Crippen molar-refractivity contribution in [3.05, 3.63) is 71.8 Å². The molecular formula is C22H28NO2+. The Morgan fingerprint density at radius 1 is 1.00 bits per heavy atom. The number of quaternary nitrogens is 1. The predicted octanol–water partition coefficient (Wildman–Crippen LogP) is 3.42. The van der Waals surface area contributed by atoms with Crippen molar-refractivity contribution in [1.29, 1.82) is 0 Å². The molecule has 2 aromatic carbocycles. The second-order valence-corrected chi connectivity index (χ2v) is 7.15. The largest absolute Gasteiger partial charge is 0.481 e. The number of carbonyl (C=O) groups is 1. The van der Waals surface area contributed by atoms with Crippen molar-refractivity contribution in [3.8, 4) is 0 Å². The molecule has 2 aromatic rings. The first kappa shape index (κ1) is 17.7. The molecule has 2 atom stereocenters. The van der Waals surface area contributed by atoms with Gasteiger partial charge < -0.3 is 10.4 Å². The fraction of sp³-hybridized carbons (Fsp3) is 0.409. The summed E-state index contributed by atoms with van der Waals surface area (Å²) in [5, 5.41) is 11.4. The van der Waals surface area contributed by atoms with Gasteiger partial charge in [0.25, 0.3) is 0 Å². The topological polar surface area (TPSA) is 53.9 Å². The SMILES string of the molecule is O=C(O)[C@@H]1CC[C@H](CCCC(c2ccccc2)c2ccccc2)[NH2+]C1. The maximum absolute atomic E-state index is 11.1. The number of aliphatic carboxylic acids is 1. The van der Waals surface area contributed by atoms with Crippen molar-refractivity contribution < 1.29 is 15.2 Å². The van der Waals surface area contributed by atoms with Crippen LogP contribution in [0.1, 0.15) is 49.1 Å². The highest BCUT2D eigenvalue weighted by Gasteiger charge is 2.28. The van der Waals surface area contributed by atoms with E-state index in [1.807, 2.05) is 0 Å². The van der Waals surface area contributed by atoms with Crippen LogP contribution in [0.5, 0.6) is 0 Å². The fourth-order valence-electron chi connectivity index (χ4n) is 3.97. The molecule has 25 heavy (non-hydrogen) atoms. The van der Waals surface area contributed by atoms with Crippen molar-refractivity contribution in [2.45, 2.75) is 44.1 Å². The number of carboxylic acid groups (broad SMARTS) is 1. The summed E-state index contributed by atoms with van der Waals surface area (Å²) in [6.07, 6.45) is 5.34. The Morgan fingerprint density at radius 3 is 2.08 bits per heavy atom. The van der Waals surface area contributed by atoms with Gasteiger partial charge in [0.05, 0.1) is 12.6 Å². The maximum atomic E-state index is 11.1. The first-order valence-electron chi connectivity index (χ1n) is 9.40. The van der Waals surface area contributed by atoms with Gasteiger partial charge in [-0.1, -0.05) is 60.7 Å². The fourth-order valence-corrected chi connectivity index (χ4v) is 3.97. The summed E-state index contributed by atoms with van der Waals surface area (Å²) in [6.45, 7) is 0.737. The van der Waals surface area contributed by atoms with E-state index in [9.17, 15) is 4.79 Å². The highest BCUT2D eigenvalue weighted by molar-refractivity contribution is 5.70. The van der Waals surface area contributed by atoms with E-state index in [0.717, 1.165) is 25.8 Å². The summed E-state index contributed by atoms with van der Waals surface area (Å²) in [4.78, 5) is 11.1. The van der Waals surface area contributed by atoms with Gasteiger partial charge in [0.1, 0.15) is 5.92 Å². The molecule has 1 heterocycles. The van der Waals surface area contributed by atoms with E-state index in [2.05, 4.69) is 66.0 Å². The van der Waals surface area contributed by atoms with Gasteiger partial charge in [-0.2, -0.15) is 0 Å². The van der Waals surface area contributed by atoms with Crippen molar-refractivity contribution in [2.24, 2.45) is 5.92 Å². The summed E-state index contributed by atoms with van der Waals surface area (Å²) < 4.78 is 0. The van der Waals surface area contributed by atoms with E-state index >= 15 is 0 Å². The lowest BCUT2D eigenvalue weighted by Crippen LogP contribution is -2.93. The first-order valence-corrected chi connectivity index (χ1v) is 9.40. The number of hydrogen-bond donors (Lipinski definition) is 2. The van der Waals surface area contributed by atoms with Gasteiger partial charge in [0, 0.05) is 12.3 Å². The molecule has 1 aliphatic heterocycles. The zero-order valence-electron chi connectivity index (χ0n) is 14.7. The number of benzene rings is 2. The number of rotatable bonds is 7. The summed E-state index contributed by atoms with van der Waals surface area (Å²) in [5.74, 6) is -0.349. The summed E-state index contributed by atoms with van der Waals surface area (Å²) in [7, 11) is 0. The molecule has 3 rings (SSSR count). The molecule has 3 N–H and O–H groups in total. The predicted molar refractivity (Wildman–Crippen MR) is 99.5 cm³/mol. The summed E-state index contributed by atoms with van der Waals surface area (Å²) in [5.41, 5.74) is 2.76. The second-order valence-electron chi connectivity index (χ2n) is 7.15. The normalized spacial score (nSPS) is 20.5. The highest BCUT2D eigenvalue weighted by Crippen LogP contribution is 2.30. The third kappa shape index (κ3) is 4.93. The molecule has 0 radical (unpaired) electrons. The van der Waals surface area contributed by atoms with Gasteiger partial charge in [-0.25, -0.2) is 0 Å². The molecule has 1 saturated heterocycles. The molecule has 0 bridgehead atoms. The molecule has 0 unspecified atom stereocenters. The third-order valence-corrected chi connectivity index (χ3v) is 5.46. The van der Waals surface area contributed by atoms with Crippen LogP contribution >= 0.6 is 0 Å². The lowest BCUT2D eigenvalue weighted by molar-refractivity contribution is -0.702. The van der Waals surface area contributed by atoms with E-state index in [1.54, 1.807) is 0 Å². The van der Waals surface area contributed by atoms with Crippen molar-refractivity contribution in [2.75, 3.05) is 6.54 Å². The minimum atomic E-state index is -0.636. The van der Waals surface area contributed by atoms with Crippen molar-refractivity contribution in [1.82, 2.24) is 0 Å². The molecule has 0 amide bonds. The number of piperidine rings is 1. The van der Waals surface area contributed by atoms with Crippen LogP contribution in [-0.2, 0) is 4.79 Å². The Morgan fingerprint density at radius 2 is 1.60 bits per heavy atom. The average molecular weight is 338 g/mol. The highest BCUT2D eigenvalue weighted by atomic mass is 16.4. The molecule has 3 heteroatoms. The second kappa shape index (κ2) is 8.82. The smallest absolute Gasteiger partial charge is 0.312 e. The molecular weight excluding hydrogens is 310 g/mol. The molecule has 1 fully saturated rings. The molecule has 1 aliphatic rings. The van der Waals surface area contributed by atoms with Gasteiger partial charge in [-0.05, 0) is 36.8 Å². The Bertz CT molecular complexity index is 609. The molecule has 0 aliphatic carbocycles. The monoisotopic (exact) mass is 338 g/mol.